The van der Waals surface area contributed by atoms with E-state index in [1.165, 1.54) is 6.26 Å². The van der Waals surface area contributed by atoms with E-state index >= 15 is 0 Å². The SMILES string of the molecule is CCNC1COCC1CN(C)CCS(C)(=O)=O. The van der Waals surface area contributed by atoms with E-state index in [9.17, 15) is 8.42 Å². The topological polar surface area (TPSA) is 58.6 Å². The van der Waals surface area contributed by atoms with Crippen molar-refractivity contribution in [3.05, 3.63) is 0 Å². The van der Waals surface area contributed by atoms with Gasteiger partial charge in [-0.25, -0.2) is 8.42 Å². The van der Waals surface area contributed by atoms with Gasteiger partial charge in [-0.3, -0.25) is 0 Å². The van der Waals surface area contributed by atoms with Crippen LogP contribution in [0.3, 0.4) is 0 Å². The minimum Gasteiger partial charge on any atom is -0.379 e. The van der Waals surface area contributed by atoms with Crippen molar-refractivity contribution in [1.82, 2.24) is 10.2 Å². The lowest BCUT2D eigenvalue weighted by Gasteiger charge is -2.24. The van der Waals surface area contributed by atoms with Gasteiger partial charge in [0.2, 0.25) is 0 Å². The third-order valence-electron chi connectivity index (χ3n) is 3.05. The lowest BCUT2D eigenvalue weighted by atomic mass is 10.0. The van der Waals surface area contributed by atoms with Crippen LogP contribution in [-0.2, 0) is 14.6 Å². The van der Waals surface area contributed by atoms with Crippen LogP contribution in [0.15, 0.2) is 0 Å². The summed E-state index contributed by atoms with van der Waals surface area (Å²) in [6.07, 6.45) is 1.28. The fourth-order valence-corrected chi connectivity index (χ4v) is 2.72. The van der Waals surface area contributed by atoms with Crippen molar-refractivity contribution in [2.45, 2.75) is 13.0 Å². The second kappa shape index (κ2) is 6.68. The summed E-state index contributed by atoms with van der Waals surface area (Å²) < 4.78 is 27.6. The number of nitrogens with one attached hydrogen (secondary N) is 1. The highest BCUT2D eigenvalue weighted by atomic mass is 32.2. The molecule has 2 unspecified atom stereocenters. The molecular weight excluding hydrogens is 240 g/mol. The van der Waals surface area contributed by atoms with Gasteiger partial charge in [0, 0.05) is 31.3 Å². The molecule has 0 spiro atoms. The summed E-state index contributed by atoms with van der Waals surface area (Å²) >= 11 is 0. The molecule has 0 aromatic carbocycles. The molecule has 1 saturated heterocycles. The zero-order valence-electron chi connectivity index (χ0n) is 11.0. The highest BCUT2D eigenvalue weighted by Gasteiger charge is 2.28. The largest absolute Gasteiger partial charge is 0.379 e. The third kappa shape index (κ3) is 5.81. The van der Waals surface area contributed by atoms with Crippen molar-refractivity contribution in [2.24, 2.45) is 5.92 Å². The summed E-state index contributed by atoms with van der Waals surface area (Å²) in [6.45, 7) is 6.03. The van der Waals surface area contributed by atoms with Gasteiger partial charge in [0.05, 0.1) is 19.0 Å². The lowest BCUT2D eigenvalue weighted by Crippen LogP contribution is -2.41. The Labute approximate surface area is 104 Å². The predicted molar refractivity (Wildman–Crippen MR) is 69.0 cm³/mol. The van der Waals surface area contributed by atoms with Crippen LogP contribution >= 0.6 is 0 Å². The van der Waals surface area contributed by atoms with Gasteiger partial charge in [0.25, 0.3) is 0 Å². The first-order valence-corrected chi connectivity index (χ1v) is 8.16. The fraction of sp³-hybridized carbons (Fsp3) is 1.00. The van der Waals surface area contributed by atoms with Crippen LogP contribution < -0.4 is 5.32 Å². The van der Waals surface area contributed by atoms with Crippen molar-refractivity contribution >= 4 is 9.84 Å². The normalized spacial score (nSPS) is 25.6. The second-order valence-electron chi connectivity index (χ2n) is 4.85. The van der Waals surface area contributed by atoms with Crippen LogP contribution in [0.5, 0.6) is 0 Å². The second-order valence-corrected chi connectivity index (χ2v) is 7.11. The monoisotopic (exact) mass is 264 g/mol. The number of hydrogen-bond acceptors (Lipinski definition) is 5. The Morgan fingerprint density at radius 1 is 1.41 bits per heavy atom. The van der Waals surface area contributed by atoms with Crippen LogP contribution in [0.25, 0.3) is 0 Å². The molecule has 1 rings (SSSR count). The van der Waals surface area contributed by atoms with Crippen molar-refractivity contribution in [2.75, 3.05) is 51.9 Å². The highest BCUT2D eigenvalue weighted by molar-refractivity contribution is 7.90. The maximum absolute atomic E-state index is 11.1. The first-order valence-electron chi connectivity index (χ1n) is 6.09. The van der Waals surface area contributed by atoms with E-state index in [-0.39, 0.29) is 5.75 Å². The standard InChI is InChI=1S/C11H24N2O3S/c1-4-12-11-9-16-8-10(11)7-13(2)5-6-17(3,14)15/h10-12H,4-9H2,1-3H3. The smallest absolute Gasteiger partial charge is 0.148 e. The maximum atomic E-state index is 11.1. The summed E-state index contributed by atoms with van der Waals surface area (Å²) in [5.74, 6) is 0.683. The Kier molecular flexibility index (Phi) is 5.85. The molecule has 17 heavy (non-hydrogen) atoms. The quantitative estimate of drug-likeness (QED) is 0.677. The number of rotatable bonds is 7. The molecule has 0 bridgehead atoms. The first kappa shape index (κ1) is 14.9. The van der Waals surface area contributed by atoms with E-state index in [4.69, 9.17) is 4.74 Å². The van der Waals surface area contributed by atoms with Gasteiger partial charge in [-0.1, -0.05) is 6.92 Å². The van der Waals surface area contributed by atoms with Gasteiger partial charge in [0.1, 0.15) is 9.84 Å². The molecule has 0 aliphatic carbocycles. The molecule has 1 aliphatic rings. The minimum atomic E-state index is -2.87. The molecule has 0 amide bonds. The van der Waals surface area contributed by atoms with E-state index in [0.29, 0.717) is 18.5 Å². The number of likely N-dealkylation sites (N-methyl/N-ethyl adjacent to an activating group) is 1. The number of hydrogen-bond donors (Lipinski definition) is 1. The average molecular weight is 264 g/mol. The summed E-state index contributed by atoms with van der Waals surface area (Å²) in [5, 5.41) is 3.40. The Hall–Kier alpha value is -0.170. The molecule has 1 heterocycles. The zero-order valence-corrected chi connectivity index (χ0v) is 11.8. The maximum Gasteiger partial charge on any atom is 0.148 e. The number of sulfone groups is 1. The van der Waals surface area contributed by atoms with Gasteiger partial charge in [0.15, 0.2) is 0 Å². The van der Waals surface area contributed by atoms with Crippen LogP contribution in [0.1, 0.15) is 6.92 Å². The molecular formula is C11H24N2O3S. The van der Waals surface area contributed by atoms with Crippen molar-refractivity contribution in [3.63, 3.8) is 0 Å². The minimum absolute atomic E-state index is 0.225. The summed E-state index contributed by atoms with van der Waals surface area (Å²) in [5.41, 5.74) is 0. The molecule has 5 nitrogen and oxygen atoms in total. The first-order chi connectivity index (χ1) is 7.92. The number of ether oxygens (including phenoxy) is 1. The summed E-state index contributed by atoms with van der Waals surface area (Å²) in [7, 11) is -0.900. The van der Waals surface area contributed by atoms with E-state index in [2.05, 4.69) is 17.1 Å². The Balaban J connectivity index is 2.32. The summed E-state index contributed by atoms with van der Waals surface area (Å²) in [6, 6.07) is 0.403. The molecule has 0 aromatic rings. The summed E-state index contributed by atoms with van der Waals surface area (Å²) in [4.78, 5) is 2.07. The van der Waals surface area contributed by atoms with Gasteiger partial charge in [-0.2, -0.15) is 0 Å². The van der Waals surface area contributed by atoms with Crippen molar-refractivity contribution in [3.8, 4) is 0 Å². The Morgan fingerprint density at radius 2 is 2.12 bits per heavy atom. The molecule has 1 fully saturated rings. The molecule has 102 valence electrons. The van der Waals surface area contributed by atoms with E-state index in [0.717, 1.165) is 26.3 Å². The Morgan fingerprint density at radius 3 is 2.71 bits per heavy atom. The van der Waals surface area contributed by atoms with E-state index in [1.807, 2.05) is 7.05 Å². The molecule has 6 heteroatoms. The van der Waals surface area contributed by atoms with Crippen molar-refractivity contribution < 1.29 is 13.2 Å². The van der Waals surface area contributed by atoms with Gasteiger partial charge in [-0.15, -0.1) is 0 Å². The van der Waals surface area contributed by atoms with Crippen LogP contribution in [-0.4, -0.2) is 71.3 Å². The van der Waals surface area contributed by atoms with Gasteiger partial charge >= 0.3 is 0 Å². The van der Waals surface area contributed by atoms with Crippen LogP contribution in [0.2, 0.25) is 0 Å². The third-order valence-corrected chi connectivity index (χ3v) is 3.98. The fourth-order valence-electron chi connectivity index (χ4n) is 2.08. The highest BCUT2D eigenvalue weighted by Crippen LogP contribution is 2.14. The molecule has 2 atom stereocenters. The molecule has 0 aromatic heterocycles. The van der Waals surface area contributed by atoms with Crippen LogP contribution in [0.4, 0.5) is 0 Å². The van der Waals surface area contributed by atoms with E-state index < -0.39 is 9.84 Å². The van der Waals surface area contributed by atoms with Gasteiger partial charge < -0.3 is 15.0 Å². The van der Waals surface area contributed by atoms with Gasteiger partial charge in [-0.05, 0) is 13.6 Å². The molecule has 1 N–H and O–H groups in total. The van der Waals surface area contributed by atoms with Crippen LogP contribution in [0, 0.1) is 5.92 Å². The Bertz CT molecular complexity index is 319. The average Bonchev–Trinajstić information content (AvgIpc) is 2.63. The van der Waals surface area contributed by atoms with E-state index in [1.54, 1.807) is 0 Å². The molecule has 0 radical (unpaired) electrons. The molecule has 1 aliphatic heterocycles. The zero-order chi connectivity index (χ0) is 12.9. The number of nitrogens with zero attached hydrogens (tertiary/aromatic N) is 1. The predicted octanol–water partition coefficient (Wildman–Crippen LogP) is -0.413. The molecule has 0 saturated carbocycles. The van der Waals surface area contributed by atoms with Crippen molar-refractivity contribution in [1.29, 1.82) is 0 Å². The lowest BCUT2D eigenvalue weighted by molar-refractivity contribution is 0.174.